The summed E-state index contributed by atoms with van der Waals surface area (Å²) in [6.07, 6.45) is 0. The molecule has 0 radical (unpaired) electrons. The van der Waals surface area contributed by atoms with E-state index in [9.17, 15) is 0 Å². The van der Waals surface area contributed by atoms with E-state index in [-0.39, 0.29) is 0 Å². The molecule has 3 heteroatoms. The molecule has 0 spiro atoms. The second-order valence-electron chi connectivity index (χ2n) is 13.0. The Labute approximate surface area is 296 Å². The number of rotatable bonds is 6. The van der Waals surface area contributed by atoms with Crippen LogP contribution in [0.25, 0.3) is 66.1 Å². The molecule has 10 rings (SSSR count). The lowest BCUT2D eigenvalue weighted by Crippen LogP contribution is -2.10. The first-order valence-electron chi connectivity index (χ1n) is 17.5. The molecule has 0 aliphatic carbocycles. The summed E-state index contributed by atoms with van der Waals surface area (Å²) in [4.78, 5) is 2.36. The lowest BCUT2D eigenvalue weighted by molar-refractivity contribution is 1.15. The molecule has 8 aromatic carbocycles. The van der Waals surface area contributed by atoms with Gasteiger partial charge in [-0.3, -0.25) is 0 Å². The van der Waals surface area contributed by atoms with Gasteiger partial charge in [0.15, 0.2) is 0 Å². The highest BCUT2D eigenvalue weighted by Crippen LogP contribution is 2.44. The molecule has 0 saturated heterocycles. The summed E-state index contributed by atoms with van der Waals surface area (Å²) in [5.74, 6) is 0. The molecule has 10 aromatic rings. The van der Waals surface area contributed by atoms with E-state index in [1.165, 1.54) is 49.2 Å². The molecular formula is C48H33N3. The number of hydrogen-bond acceptors (Lipinski definition) is 1. The summed E-state index contributed by atoms with van der Waals surface area (Å²) in [6, 6.07) is 72.0. The third-order valence-corrected chi connectivity index (χ3v) is 10.1. The highest BCUT2D eigenvalue weighted by molar-refractivity contribution is 6.24. The predicted octanol–water partition coefficient (Wildman–Crippen LogP) is 13.0. The number of hydrogen-bond donors (Lipinski definition) is 0. The number of fused-ring (bicyclic) bond motifs is 7. The Morgan fingerprint density at radius 3 is 1.35 bits per heavy atom. The second kappa shape index (κ2) is 11.9. The van der Waals surface area contributed by atoms with Crippen LogP contribution < -0.4 is 4.90 Å². The Bertz CT molecular complexity index is 2820. The Kier molecular flexibility index (Phi) is 6.81. The van der Waals surface area contributed by atoms with Gasteiger partial charge in [-0.25, -0.2) is 0 Å². The van der Waals surface area contributed by atoms with Crippen LogP contribution in [0.1, 0.15) is 0 Å². The normalized spacial score (nSPS) is 11.5. The van der Waals surface area contributed by atoms with Crippen LogP contribution in [-0.4, -0.2) is 9.13 Å². The molecule has 51 heavy (non-hydrogen) atoms. The van der Waals surface area contributed by atoms with Crippen molar-refractivity contribution in [2.24, 2.45) is 0 Å². The van der Waals surface area contributed by atoms with Crippen LogP contribution in [0.2, 0.25) is 0 Å². The fraction of sp³-hybridized carbons (Fsp3) is 0. The molecule has 0 bridgehead atoms. The highest BCUT2D eigenvalue weighted by atomic mass is 15.1. The van der Waals surface area contributed by atoms with E-state index < -0.39 is 0 Å². The Morgan fingerprint density at radius 1 is 0.294 bits per heavy atom. The van der Waals surface area contributed by atoms with Crippen molar-refractivity contribution in [1.29, 1.82) is 0 Å². The van der Waals surface area contributed by atoms with E-state index in [1.54, 1.807) is 0 Å². The molecule has 2 heterocycles. The molecule has 0 fully saturated rings. The van der Waals surface area contributed by atoms with E-state index in [1.807, 2.05) is 0 Å². The first kappa shape index (κ1) is 29.1. The number of para-hydroxylation sites is 4. The molecule has 3 nitrogen and oxygen atoms in total. The summed E-state index contributed by atoms with van der Waals surface area (Å²) < 4.78 is 4.91. The van der Waals surface area contributed by atoms with Crippen molar-refractivity contribution < 1.29 is 0 Å². The van der Waals surface area contributed by atoms with E-state index in [0.29, 0.717) is 0 Å². The minimum atomic E-state index is 1.10. The molecule has 0 atom stereocenters. The quantitative estimate of drug-likeness (QED) is 0.174. The van der Waals surface area contributed by atoms with Crippen LogP contribution in [0, 0.1) is 0 Å². The van der Waals surface area contributed by atoms with Crippen LogP contribution in [-0.2, 0) is 0 Å². The van der Waals surface area contributed by atoms with Crippen LogP contribution in [0.15, 0.2) is 200 Å². The molecule has 240 valence electrons. The van der Waals surface area contributed by atoms with E-state index >= 15 is 0 Å². The molecule has 0 unspecified atom stereocenters. The lowest BCUT2D eigenvalue weighted by Gasteiger charge is -2.26. The third kappa shape index (κ3) is 4.74. The summed E-state index contributed by atoms with van der Waals surface area (Å²) in [7, 11) is 0. The maximum Gasteiger partial charge on any atom is 0.0788 e. The fourth-order valence-electron chi connectivity index (χ4n) is 7.82. The number of benzene rings is 8. The van der Waals surface area contributed by atoms with E-state index in [2.05, 4.69) is 214 Å². The van der Waals surface area contributed by atoms with Crippen LogP contribution in [0.4, 0.5) is 17.1 Å². The van der Waals surface area contributed by atoms with Gasteiger partial charge in [0.2, 0.25) is 0 Å². The lowest BCUT2D eigenvalue weighted by atomic mass is 10.0. The SMILES string of the molecule is c1ccc(-c2ccc(N(c3ccccc3)c3ccc4c5ccc6c7ccccc7n(-c7ccccc7)c6c5n(-c5ccccc5)c4c3)cc2)cc1. The first-order chi connectivity index (χ1) is 25.3. The van der Waals surface area contributed by atoms with Crippen LogP contribution in [0.5, 0.6) is 0 Å². The number of nitrogens with zero attached hydrogens (tertiary/aromatic N) is 3. The van der Waals surface area contributed by atoms with Gasteiger partial charge in [-0.05, 0) is 77.9 Å². The zero-order valence-electron chi connectivity index (χ0n) is 27.9. The van der Waals surface area contributed by atoms with Gasteiger partial charge in [-0.15, -0.1) is 0 Å². The minimum absolute atomic E-state index is 1.10. The van der Waals surface area contributed by atoms with Crippen LogP contribution in [0.3, 0.4) is 0 Å². The maximum atomic E-state index is 2.47. The zero-order chi connectivity index (χ0) is 33.7. The Balaban J connectivity index is 1.27. The Morgan fingerprint density at radius 2 is 0.725 bits per heavy atom. The maximum absolute atomic E-state index is 2.47. The number of aromatic nitrogens is 2. The van der Waals surface area contributed by atoms with Crippen molar-refractivity contribution >= 4 is 60.7 Å². The van der Waals surface area contributed by atoms with Crippen molar-refractivity contribution in [3.63, 3.8) is 0 Å². The van der Waals surface area contributed by atoms with Gasteiger partial charge in [-0.1, -0.05) is 133 Å². The third-order valence-electron chi connectivity index (χ3n) is 10.1. The van der Waals surface area contributed by atoms with Gasteiger partial charge in [0.25, 0.3) is 0 Å². The molecule has 0 aliphatic heterocycles. The summed E-state index contributed by atoms with van der Waals surface area (Å²) in [5.41, 5.74) is 12.8. The molecular weight excluding hydrogens is 619 g/mol. The van der Waals surface area contributed by atoms with Crippen molar-refractivity contribution in [1.82, 2.24) is 9.13 Å². The molecule has 2 aromatic heterocycles. The average molecular weight is 652 g/mol. The summed E-state index contributed by atoms with van der Waals surface area (Å²) in [6.45, 7) is 0. The summed E-state index contributed by atoms with van der Waals surface area (Å²) >= 11 is 0. The largest absolute Gasteiger partial charge is 0.310 e. The van der Waals surface area contributed by atoms with Gasteiger partial charge in [-0.2, -0.15) is 0 Å². The van der Waals surface area contributed by atoms with Gasteiger partial charge in [0, 0.05) is 50.0 Å². The standard InChI is InChI=1S/C48H33N3/c1-5-15-34(16-6-1)35-25-27-39(28-26-35)49(36-17-7-2-8-18-36)40-29-30-42-44-32-31-43-41-23-13-14-24-45(41)50(37-19-9-3-10-20-37)47(43)48(44)51(46(42)33-40)38-21-11-4-12-22-38/h1-33H. The second-order valence-corrected chi connectivity index (χ2v) is 13.0. The minimum Gasteiger partial charge on any atom is -0.310 e. The topological polar surface area (TPSA) is 13.1 Å². The van der Waals surface area contributed by atoms with Gasteiger partial charge >= 0.3 is 0 Å². The van der Waals surface area contributed by atoms with Crippen molar-refractivity contribution in [3.8, 4) is 22.5 Å². The predicted molar refractivity (Wildman–Crippen MR) is 215 cm³/mol. The van der Waals surface area contributed by atoms with Gasteiger partial charge in [0.1, 0.15) is 0 Å². The van der Waals surface area contributed by atoms with Crippen molar-refractivity contribution in [2.45, 2.75) is 0 Å². The molecule has 0 aliphatic rings. The van der Waals surface area contributed by atoms with E-state index in [0.717, 1.165) is 34.0 Å². The molecule has 0 amide bonds. The smallest absolute Gasteiger partial charge is 0.0788 e. The number of anilines is 3. The highest BCUT2D eigenvalue weighted by Gasteiger charge is 2.22. The molecule has 0 N–H and O–H groups in total. The molecule has 0 saturated carbocycles. The Hall–Kier alpha value is -6.84. The van der Waals surface area contributed by atoms with E-state index in [4.69, 9.17) is 0 Å². The van der Waals surface area contributed by atoms with Crippen molar-refractivity contribution in [2.75, 3.05) is 4.90 Å². The average Bonchev–Trinajstić information content (AvgIpc) is 3.72. The summed E-state index contributed by atoms with van der Waals surface area (Å²) in [5, 5.41) is 4.94. The van der Waals surface area contributed by atoms with Crippen LogP contribution >= 0.6 is 0 Å². The monoisotopic (exact) mass is 651 g/mol. The first-order valence-corrected chi connectivity index (χ1v) is 17.5. The zero-order valence-corrected chi connectivity index (χ0v) is 27.9. The van der Waals surface area contributed by atoms with Crippen molar-refractivity contribution in [3.05, 3.63) is 200 Å². The van der Waals surface area contributed by atoms with Gasteiger partial charge in [0.05, 0.1) is 22.1 Å². The van der Waals surface area contributed by atoms with Gasteiger partial charge < -0.3 is 14.0 Å². The fourth-order valence-corrected chi connectivity index (χ4v) is 7.82.